The molecule has 3 aromatic carbocycles. The molecule has 0 spiro atoms. The Labute approximate surface area is 212 Å². The van der Waals surface area contributed by atoms with Gasteiger partial charge < -0.3 is 5.73 Å². The molecule has 2 N–H and O–H groups in total. The molecule has 0 saturated carbocycles. The molecule has 34 heavy (non-hydrogen) atoms. The molecule has 0 fully saturated rings. The predicted octanol–water partition coefficient (Wildman–Crippen LogP) is 8.90. The molecule has 4 rings (SSSR count). The first-order chi connectivity index (χ1) is 16.5. The number of thioether (sulfide) groups is 1. The van der Waals surface area contributed by atoms with Gasteiger partial charge in [0.05, 0.1) is 0 Å². The molecule has 1 nitrogen and oxygen atoms in total. The van der Waals surface area contributed by atoms with Crippen molar-refractivity contribution < 1.29 is 0 Å². The van der Waals surface area contributed by atoms with Crippen LogP contribution in [0.2, 0.25) is 0 Å². The highest BCUT2D eigenvalue weighted by Crippen LogP contribution is 2.36. The van der Waals surface area contributed by atoms with Gasteiger partial charge in [-0.25, -0.2) is 0 Å². The van der Waals surface area contributed by atoms with Crippen LogP contribution in [-0.2, 0) is 12.8 Å². The van der Waals surface area contributed by atoms with Gasteiger partial charge in [-0.15, -0.1) is 11.8 Å². The maximum absolute atomic E-state index is 5.16. The third-order valence-electron chi connectivity index (χ3n) is 6.16. The lowest BCUT2D eigenvalue weighted by atomic mass is 10.00. The summed E-state index contributed by atoms with van der Waals surface area (Å²) in [5.74, 6) is 0. The van der Waals surface area contributed by atoms with Crippen molar-refractivity contribution in [3.8, 4) is 11.1 Å². The molecule has 3 aromatic rings. The number of unbranched alkanes of at least 4 members (excludes halogenated alkanes) is 4. The lowest BCUT2D eigenvalue weighted by molar-refractivity contribution is 0.632. The Balaban J connectivity index is 0.000000240. The minimum atomic E-state index is 0.598. The molecule has 0 amide bonds. The zero-order valence-electron chi connectivity index (χ0n) is 21.7. The van der Waals surface area contributed by atoms with Crippen molar-refractivity contribution in [3.05, 3.63) is 106 Å². The molecule has 0 heterocycles. The van der Waals surface area contributed by atoms with E-state index in [4.69, 9.17) is 5.73 Å². The Bertz CT molecular complexity index is 977. The number of hydrogen-bond donors (Lipinski definition) is 1. The summed E-state index contributed by atoms with van der Waals surface area (Å²) >= 11 is 1.61. The molecule has 0 saturated heterocycles. The quantitative estimate of drug-likeness (QED) is 0.258. The highest BCUT2D eigenvalue weighted by molar-refractivity contribution is 8.02. The van der Waals surface area contributed by atoms with Crippen LogP contribution in [0.25, 0.3) is 11.1 Å². The van der Waals surface area contributed by atoms with Gasteiger partial charge in [-0.3, -0.25) is 0 Å². The van der Waals surface area contributed by atoms with Crippen molar-refractivity contribution in [2.24, 2.45) is 5.73 Å². The number of nitrogens with two attached hydrogens (primary N) is 1. The Morgan fingerprint density at radius 3 is 2.03 bits per heavy atom. The summed E-state index contributed by atoms with van der Waals surface area (Å²) < 4.78 is 0. The molecule has 0 aliphatic heterocycles. The van der Waals surface area contributed by atoms with Crippen LogP contribution in [0.4, 0.5) is 0 Å². The number of benzene rings is 3. The first kappa shape index (κ1) is 28.0. The highest BCUT2D eigenvalue weighted by Gasteiger charge is 2.17. The lowest BCUT2D eigenvalue weighted by Gasteiger charge is -2.05. The lowest BCUT2D eigenvalue weighted by Crippen LogP contribution is -1.97. The van der Waals surface area contributed by atoms with Crippen molar-refractivity contribution in [3.63, 3.8) is 0 Å². The highest BCUT2D eigenvalue weighted by atomic mass is 32.2. The predicted molar refractivity (Wildman–Crippen MR) is 155 cm³/mol. The maximum Gasteiger partial charge on any atom is 0.0232 e. The van der Waals surface area contributed by atoms with Crippen molar-refractivity contribution >= 4 is 11.8 Å². The largest absolute Gasteiger partial charge is 0.326 e. The summed E-state index contributed by atoms with van der Waals surface area (Å²) in [6, 6.07) is 24.4. The van der Waals surface area contributed by atoms with E-state index in [2.05, 4.69) is 94.1 Å². The third kappa shape index (κ3) is 9.52. The molecule has 0 aromatic heterocycles. The Morgan fingerprint density at radius 2 is 1.44 bits per heavy atom. The fraction of sp³-hybridized carbons (Fsp3) is 0.375. The molecule has 0 unspecified atom stereocenters. The van der Waals surface area contributed by atoms with Crippen molar-refractivity contribution in [2.45, 2.75) is 65.7 Å². The maximum atomic E-state index is 5.16. The number of rotatable bonds is 8. The van der Waals surface area contributed by atoms with Crippen LogP contribution in [0.15, 0.2) is 78.2 Å². The van der Waals surface area contributed by atoms with Gasteiger partial charge in [-0.1, -0.05) is 117 Å². The number of hydrogen-bond acceptors (Lipinski definition) is 2. The van der Waals surface area contributed by atoms with E-state index in [0.29, 0.717) is 6.54 Å². The van der Waals surface area contributed by atoms with Gasteiger partial charge in [0.15, 0.2) is 0 Å². The summed E-state index contributed by atoms with van der Waals surface area (Å²) in [6.45, 7) is 10.7. The molecular weight excluding hydrogens is 430 g/mol. The normalized spacial score (nSPS) is 10.9. The van der Waals surface area contributed by atoms with Crippen molar-refractivity contribution in [2.75, 3.05) is 12.8 Å². The van der Waals surface area contributed by atoms with Crippen LogP contribution < -0.4 is 5.73 Å². The summed E-state index contributed by atoms with van der Waals surface area (Å²) in [5.41, 5.74) is 15.3. The van der Waals surface area contributed by atoms with Crippen LogP contribution in [0, 0.1) is 13.8 Å². The van der Waals surface area contributed by atoms with Gasteiger partial charge in [-0.05, 0) is 72.1 Å². The molecule has 0 bridgehead atoms. The van der Waals surface area contributed by atoms with E-state index in [1.807, 2.05) is 6.26 Å². The minimum absolute atomic E-state index is 0.598. The second-order valence-electron chi connectivity index (χ2n) is 9.09. The smallest absolute Gasteiger partial charge is 0.0232 e. The van der Waals surface area contributed by atoms with Crippen LogP contribution >= 0.6 is 11.8 Å². The zero-order chi connectivity index (χ0) is 24.8. The van der Waals surface area contributed by atoms with E-state index in [1.165, 1.54) is 77.5 Å². The average Bonchev–Trinajstić information content (AvgIpc) is 3.24. The van der Waals surface area contributed by atoms with Gasteiger partial charge in [0.2, 0.25) is 0 Å². The summed E-state index contributed by atoms with van der Waals surface area (Å²) in [6.07, 6.45) is 11.2. The fourth-order valence-electron chi connectivity index (χ4n) is 4.01. The average molecular weight is 474 g/mol. The summed E-state index contributed by atoms with van der Waals surface area (Å²) in [7, 11) is 0. The third-order valence-corrected chi connectivity index (χ3v) is 6.91. The van der Waals surface area contributed by atoms with Crippen LogP contribution in [0.1, 0.15) is 66.8 Å². The van der Waals surface area contributed by atoms with E-state index in [0.717, 1.165) is 11.3 Å². The molecule has 1 aliphatic rings. The van der Waals surface area contributed by atoms with Crippen LogP contribution in [0.3, 0.4) is 0 Å². The Hall–Kier alpha value is -2.29. The zero-order valence-corrected chi connectivity index (χ0v) is 22.5. The van der Waals surface area contributed by atoms with Crippen LogP contribution in [0.5, 0.6) is 0 Å². The van der Waals surface area contributed by atoms with Gasteiger partial charge in [0.1, 0.15) is 0 Å². The molecule has 1 aliphatic carbocycles. The molecule has 182 valence electrons. The van der Waals surface area contributed by atoms with E-state index in [1.54, 1.807) is 11.8 Å². The van der Waals surface area contributed by atoms with Gasteiger partial charge in [-0.2, -0.15) is 0 Å². The van der Waals surface area contributed by atoms with E-state index in [-0.39, 0.29) is 0 Å². The van der Waals surface area contributed by atoms with E-state index < -0.39 is 0 Å². The Kier molecular flexibility index (Phi) is 12.8. The number of aryl methyl sites for hydroxylation is 3. The standard InChI is InChI=1S/C20H24.C8H10.C4H9NS/c1-2-3-4-5-6-9-16-12-13-20-18(14-16)15-17-10-7-8-11-19(17)20;1-7-3-5-8(2)6-4-7;1-4(3-5)6-2/h7-8,10-14H,2-6,9,15H2,1H3;3-6H,1-2H3;1,3,5H2,2H3. The van der Waals surface area contributed by atoms with Crippen molar-refractivity contribution in [1.82, 2.24) is 0 Å². The molecule has 0 atom stereocenters. The molecular formula is C32H43NS. The second kappa shape index (κ2) is 15.6. The Morgan fingerprint density at radius 1 is 0.824 bits per heavy atom. The summed E-state index contributed by atoms with van der Waals surface area (Å²) in [5, 5.41) is 0. The SMILES string of the molecule is C=C(CN)SC.CCCCCCCc1ccc2c(c1)Cc1ccccc1-2.Cc1ccc(C)cc1. The molecule has 0 radical (unpaired) electrons. The number of fused-ring (bicyclic) bond motifs is 3. The van der Waals surface area contributed by atoms with E-state index >= 15 is 0 Å². The first-order valence-electron chi connectivity index (χ1n) is 12.6. The van der Waals surface area contributed by atoms with Crippen molar-refractivity contribution in [1.29, 1.82) is 0 Å². The molecule has 2 heteroatoms. The second-order valence-corrected chi connectivity index (χ2v) is 10.1. The van der Waals surface area contributed by atoms with Gasteiger partial charge in [0, 0.05) is 6.54 Å². The van der Waals surface area contributed by atoms with Crippen LogP contribution in [-0.4, -0.2) is 12.8 Å². The minimum Gasteiger partial charge on any atom is -0.326 e. The fourth-order valence-corrected chi connectivity index (χ4v) is 4.17. The first-order valence-corrected chi connectivity index (χ1v) is 13.9. The van der Waals surface area contributed by atoms with Gasteiger partial charge >= 0.3 is 0 Å². The summed E-state index contributed by atoms with van der Waals surface area (Å²) in [4.78, 5) is 1.04. The monoisotopic (exact) mass is 473 g/mol. The van der Waals surface area contributed by atoms with Gasteiger partial charge in [0.25, 0.3) is 0 Å². The van der Waals surface area contributed by atoms with E-state index in [9.17, 15) is 0 Å². The topological polar surface area (TPSA) is 26.0 Å².